The zero-order valence-corrected chi connectivity index (χ0v) is 11.1. The first-order valence-electron chi connectivity index (χ1n) is 6.37. The van der Waals surface area contributed by atoms with Crippen LogP contribution in [0.2, 0.25) is 5.02 Å². The first kappa shape index (κ1) is 13.4. The first-order valence-corrected chi connectivity index (χ1v) is 6.75. The van der Waals surface area contributed by atoms with Crippen LogP contribution in [-0.2, 0) is 16.0 Å². The van der Waals surface area contributed by atoms with Gasteiger partial charge in [-0.25, -0.2) is 0 Å². The molecule has 3 nitrogen and oxygen atoms in total. The van der Waals surface area contributed by atoms with Crippen molar-refractivity contribution in [2.75, 3.05) is 13.2 Å². The molecule has 1 aliphatic heterocycles. The topological polar surface area (TPSA) is 38.3 Å². The number of halogens is 1. The van der Waals surface area contributed by atoms with Crippen LogP contribution in [0.15, 0.2) is 24.3 Å². The van der Waals surface area contributed by atoms with E-state index in [0.29, 0.717) is 19.4 Å². The second kappa shape index (κ2) is 6.76. The van der Waals surface area contributed by atoms with Crippen LogP contribution in [0, 0.1) is 0 Å². The fraction of sp³-hybridized carbons (Fsp3) is 0.500. The Balaban J connectivity index is 1.69. The highest BCUT2D eigenvalue weighted by molar-refractivity contribution is 6.31. The zero-order chi connectivity index (χ0) is 12.8. The second-order valence-corrected chi connectivity index (χ2v) is 4.94. The van der Waals surface area contributed by atoms with Gasteiger partial charge in [-0.3, -0.25) is 4.79 Å². The number of hydrogen-bond acceptors (Lipinski definition) is 2. The van der Waals surface area contributed by atoms with Crippen molar-refractivity contribution in [1.82, 2.24) is 5.32 Å². The van der Waals surface area contributed by atoms with E-state index in [2.05, 4.69) is 5.32 Å². The van der Waals surface area contributed by atoms with Gasteiger partial charge in [0.2, 0.25) is 5.91 Å². The van der Waals surface area contributed by atoms with Gasteiger partial charge in [0.25, 0.3) is 0 Å². The van der Waals surface area contributed by atoms with Crippen molar-refractivity contribution in [1.29, 1.82) is 0 Å². The van der Waals surface area contributed by atoms with Gasteiger partial charge >= 0.3 is 0 Å². The number of rotatable bonds is 5. The number of ether oxygens (including phenoxy) is 1. The van der Waals surface area contributed by atoms with Crippen molar-refractivity contribution < 1.29 is 9.53 Å². The Kier molecular flexibility index (Phi) is 5.02. The molecule has 4 heteroatoms. The molecule has 1 unspecified atom stereocenters. The van der Waals surface area contributed by atoms with E-state index in [-0.39, 0.29) is 12.0 Å². The lowest BCUT2D eigenvalue weighted by Gasteiger charge is -2.10. The highest BCUT2D eigenvalue weighted by atomic mass is 35.5. The summed E-state index contributed by atoms with van der Waals surface area (Å²) in [6, 6.07) is 7.63. The number of hydrogen-bond donors (Lipinski definition) is 1. The lowest BCUT2D eigenvalue weighted by molar-refractivity contribution is -0.121. The number of aryl methyl sites for hydroxylation is 1. The summed E-state index contributed by atoms with van der Waals surface area (Å²) in [5.41, 5.74) is 1.02. The summed E-state index contributed by atoms with van der Waals surface area (Å²) < 4.78 is 5.45. The summed E-state index contributed by atoms with van der Waals surface area (Å²) in [4.78, 5) is 11.7. The number of carbonyl (C=O) groups is 1. The third-order valence-corrected chi connectivity index (χ3v) is 3.50. The van der Waals surface area contributed by atoms with Gasteiger partial charge in [0.1, 0.15) is 0 Å². The van der Waals surface area contributed by atoms with Gasteiger partial charge in [-0.2, -0.15) is 0 Å². The predicted molar refractivity (Wildman–Crippen MR) is 71.8 cm³/mol. The SMILES string of the molecule is O=C(CCc1ccccc1Cl)NCC1CCCO1. The Labute approximate surface area is 112 Å². The molecule has 0 aliphatic carbocycles. The van der Waals surface area contributed by atoms with Crippen molar-refractivity contribution in [3.63, 3.8) is 0 Å². The summed E-state index contributed by atoms with van der Waals surface area (Å²) in [6.07, 6.45) is 3.49. The Morgan fingerprint density at radius 3 is 3.00 bits per heavy atom. The standard InChI is InChI=1S/C14H18ClNO2/c15-13-6-2-1-4-11(13)7-8-14(17)16-10-12-5-3-9-18-12/h1-2,4,6,12H,3,5,7-10H2,(H,16,17). The normalized spacial score (nSPS) is 18.8. The van der Waals surface area contributed by atoms with Gasteiger partial charge in [0, 0.05) is 24.6 Å². The van der Waals surface area contributed by atoms with Gasteiger partial charge in [-0.05, 0) is 30.9 Å². The van der Waals surface area contributed by atoms with E-state index >= 15 is 0 Å². The summed E-state index contributed by atoms with van der Waals surface area (Å²) in [5.74, 6) is 0.0606. The Bertz CT molecular complexity index is 403. The summed E-state index contributed by atoms with van der Waals surface area (Å²) in [7, 11) is 0. The molecule has 0 radical (unpaired) electrons. The number of carbonyl (C=O) groups excluding carboxylic acids is 1. The molecule has 0 saturated carbocycles. The molecule has 1 fully saturated rings. The lowest BCUT2D eigenvalue weighted by atomic mass is 10.1. The Morgan fingerprint density at radius 2 is 2.28 bits per heavy atom. The van der Waals surface area contributed by atoms with Crippen LogP contribution in [0.4, 0.5) is 0 Å². The largest absolute Gasteiger partial charge is 0.376 e. The lowest BCUT2D eigenvalue weighted by Crippen LogP contribution is -2.31. The van der Waals surface area contributed by atoms with Crippen LogP contribution in [-0.4, -0.2) is 25.2 Å². The Morgan fingerprint density at radius 1 is 1.44 bits per heavy atom. The highest BCUT2D eigenvalue weighted by Gasteiger charge is 2.16. The van der Waals surface area contributed by atoms with E-state index in [1.54, 1.807) is 0 Å². The predicted octanol–water partition coefficient (Wildman–Crippen LogP) is 2.57. The summed E-state index contributed by atoms with van der Waals surface area (Å²) >= 11 is 6.04. The molecular weight excluding hydrogens is 250 g/mol. The van der Waals surface area contributed by atoms with Gasteiger partial charge in [0.15, 0.2) is 0 Å². The summed E-state index contributed by atoms with van der Waals surface area (Å²) in [5, 5.41) is 3.63. The number of nitrogens with one attached hydrogen (secondary N) is 1. The van der Waals surface area contributed by atoms with E-state index in [0.717, 1.165) is 30.0 Å². The molecule has 18 heavy (non-hydrogen) atoms. The van der Waals surface area contributed by atoms with Crippen molar-refractivity contribution in [3.8, 4) is 0 Å². The summed E-state index contributed by atoms with van der Waals surface area (Å²) in [6.45, 7) is 1.45. The van der Waals surface area contributed by atoms with Crippen LogP contribution in [0.25, 0.3) is 0 Å². The molecule has 0 bridgehead atoms. The zero-order valence-electron chi connectivity index (χ0n) is 10.3. The van der Waals surface area contributed by atoms with Crippen LogP contribution in [0.5, 0.6) is 0 Å². The van der Waals surface area contributed by atoms with E-state index in [1.807, 2.05) is 24.3 Å². The highest BCUT2D eigenvalue weighted by Crippen LogP contribution is 2.16. The molecule has 1 saturated heterocycles. The van der Waals surface area contributed by atoms with Crippen LogP contribution in [0.3, 0.4) is 0 Å². The molecule has 1 aliphatic rings. The minimum absolute atomic E-state index is 0.0606. The third kappa shape index (κ3) is 4.00. The van der Waals surface area contributed by atoms with Gasteiger partial charge in [-0.15, -0.1) is 0 Å². The maximum Gasteiger partial charge on any atom is 0.220 e. The average Bonchev–Trinajstić information content (AvgIpc) is 2.88. The fourth-order valence-corrected chi connectivity index (χ4v) is 2.30. The number of benzene rings is 1. The van der Waals surface area contributed by atoms with Gasteiger partial charge < -0.3 is 10.1 Å². The smallest absolute Gasteiger partial charge is 0.220 e. The van der Waals surface area contributed by atoms with E-state index in [1.165, 1.54) is 0 Å². The molecule has 0 aromatic heterocycles. The quantitative estimate of drug-likeness (QED) is 0.890. The van der Waals surface area contributed by atoms with Crippen LogP contribution in [0.1, 0.15) is 24.8 Å². The van der Waals surface area contributed by atoms with Gasteiger partial charge in [0.05, 0.1) is 6.10 Å². The monoisotopic (exact) mass is 267 g/mol. The van der Waals surface area contributed by atoms with E-state index in [4.69, 9.17) is 16.3 Å². The molecule has 1 aromatic carbocycles. The van der Waals surface area contributed by atoms with Crippen LogP contribution >= 0.6 is 11.6 Å². The molecule has 1 heterocycles. The second-order valence-electron chi connectivity index (χ2n) is 4.53. The minimum Gasteiger partial charge on any atom is -0.376 e. The molecule has 1 N–H and O–H groups in total. The van der Waals surface area contributed by atoms with Crippen LogP contribution < -0.4 is 5.32 Å². The van der Waals surface area contributed by atoms with Crippen molar-refractivity contribution in [3.05, 3.63) is 34.9 Å². The van der Waals surface area contributed by atoms with E-state index < -0.39 is 0 Å². The van der Waals surface area contributed by atoms with E-state index in [9.17, 15) is 4.79 Å². The maximum absolute atomic E-state index is 11.7. The van der Waals surface area contributed by atoms with Crippen molar-refractivity contribution >= 4 is 17.5 Å². The van der Waals surface area contributed by atoms with Crippen molar-refractivity contribution in [2.24, 2.45) is 0 Å². The minimum atomic E-state index is 0.0606. The average molecular weight is 268 g/mol. The molecule has 0 spiro atoms. The van der Waals surface area contributed by atoms with Crippen molar-refractivity contribution in [2.45, 2.75) is 31.8 Å². The molecular formula is C14H18ClNO2. The Hall–Kier alpha value is -1.06. The maximum atomic E-state index is 11.7. The third-order valence-electron chi connectivity index (χ3n) is 3.13. The van der Waals surface area contributed by atoms with Gasteiger partial charge in [-0.1, -0.05) is 29.8 Å². The molecule has 1 atom stereocenters. The molecule has 2 rings (SSSR count). The molecule has 1 aromatic rings. The molecule has 98 valence electrons. The molecule has 1 amide bonds. The number of amides is 1. The fourth-order valence-electron chi connectivity index (χ4n) is 2.07. The first-order chi connectivity index (χ1) is 8.75.